The number of benzene rings is 3. The second-order valence-electron chi connectivity index (χ2n) is 9.26. The van der Waals surface area contributed by atoms with Crippen molar-refractivity contribution >= 4 is 27.5 Å². The lowest BCUT2D eigenvalue weighted by Gasteiger charge is -2.33. The van der Waals surface area contributed by atoms with Gasteiger partial charge in [-0.25, -0.2) is 17.2 Å². The van der Waals surface area contributed by atoms with Crippen LogP contribution >= 0.6 is 0 Å². The van der Waals surface area contributed by atoms with E-state index in [-0.39, 0.29) is 29.5 Å². The fourth-order valence-corrected chi connectivity index (χ4v) is 5.62. The molecule has 0 aliphatic heterocycles. The van der Waals surface area contributed by atoms with Gasteiger partial charge in [0.15, 0.2) is 0 Å². The summed E-state index contributed by atoms with van der Waals surface area (Å²) in [5.74, 6) is -1.57. The summed E-state index contributed by atoms with van der Waals surface area (Å²) in [6.07, 6.45) is 0.950. The standard InChI is InChI=1S/C30H35F2N3O5S/c1-4-19-33-30(37)28(5-2)34(20-22-7-9-23(31)10-8-22)29(36)21-35(25-13-15-26(16-14-25)40-6-3)41(38,39)27-17-11-24(32)12-18-27/h7-18,28H,4-6,19-21H2,1-3H3,(H,33,37)/t28-/m1/s1. The number of nitrogens with zero attached hydrogens (tertiary/aromatic N) is 2. The second kappa shape index (κ2) is 14.6. The maximum Gasteiger partial charge on any atom is 0.264 e. The first-order chi connectivity index (χ1) is 19.6. The molecule has 0 heterocycles. The van der Waals surface area contributed by atoms with Crippen molar-refractivity contribution < 1.29 is 31.5 Å². The van der Waals surface area contributed by atoms with Gasteiger partial charge < -0.3 is 15.0 Å². The van der Waals surface area contributed by atoms with Crippen molar-refractivity contribution in [2.75, 3.05) is 24.0 Å². The number of carbonyl (C=O) groups is 2. The summed E-state index contributed by atoms with van der Waals surface area (Å²) >= 11 is 0. The summed E-state index contributed by atoms with van der Waals surface area (Å²) in [6, 6.07) is 15.1. The van der Waals surface area contributed by atoms with E-state index in [0.29, 0.717) is 30.9 Å². The van der Waals surface area contributed by atoms with Gasteiger partial charge in [0.1, 0.15) is 30.0 Å². The fraction of sp³-hybridized carbons (Fsp3) is 0.333. The lowest BCUT2D eigenvalue weighted by Crippen LogP contribution is -2.52. The highest BCUT2D eigenvalue weighted by Gasteiger charge is 2.33. The molecule has 0 saturated carbocycles. The minimum atomic E-state index is -4.34. The Morgan fingerprint density at radius 2 is 1.46 bits per heavy atom. The minimum Gasteiger partial charge on any atom is -0.494 e. The number of sulfonamides is 1. The van der Waals surface area contributed by atoms with E-state index in [4.69, 9.17) is 4.74 Å². The van der Waals surface area contributed by atoms with E-state index in [9.17, 15) is 26.8 Å². The van der Waals surface area contributed by atoms with Crippen LogP contribution in [0.3, 0.4) is 0 Å². The third-order valence-electron chi connectivity index (χ3n) is 6.32. The molecule has 3 aromatic rings. The van der Waals surface area contributed by atoms with Crippen molar-refractivity contribution in [1.29, 1.82) is 0 Å². The number of hydrogen-bond acceptors (Lipinski definition) is 5. The van der Waals surface area contributed by atoms with E-state index >= 15 is 0 Å². The molecule has 0 unspecified atom stereocenters. The van der Waals surface area contributed by atoms with Crippen LogP contribution in [0, 0.1) is 11.6 Å². The number of carbonyl (C=O) groups excluding carboxylic acids is 2. The number of anilines is 1. The van der Waals surface area contributed by atoms with Crippen LogP contribution in [-0.2, 0) is 26.2 Å². The third kappa shape index (κ3) is 8.26. The first-order valence-electron chi connectivity index (χ1n) is 13.4. The highest BCUT2D eigenvalue weighted by atomic mass is 32.2. The Morgan fingerprint density at radius 3 is 2.00 bits per heavy atom. The SMILES string of the molecule is CCCNC(=O)[C@@H](CC)N(Cc1ccc(F)cc1)C(=O)CN(c1ccc(OCC)cc1)S(=O)(=O)c1ccc(F)cc1. The molecule has 0 spiro atoms. The Kier molecular flexibility index (Phi) is 11.2. The molecule has 0 bridgehead atoms. The van der Waals surface area contributed by atoms with Gasteiger partial charge in [-0.3, -0.25) is 13.9 Å². The third-order valence-corrected chi connectivity index (χ3v) is 8.11. The summed E-state index contributed by atoms with van der Waals surface area (Å²) in [6.45, 7) is 5.58. The first-order valence-corrected chi connectivity index (χ1v) is 14.9. The van der Waals surface area contributed by atoms with Crippen LogP contribution < -0.4 is 14.4 Å². The van der Waals surface area contributed by atoms with Crippen LogP contribution in [0.1, 0.15) is 39.2 Å². The van der Waals surface area contributed by atoms with Gasteiger partial charge in [0, 0.05) is 13.1 Å². The maximum atomic E-state index is 14.0. The van der Waals surface area contributed by atoms with Gasteiger partial charge in [0.05, 0.1) is 17.2 Å². The summed E-state index contributed by atoms with van der Waals surface area (Å²) in [7, 11) is -4.34. The lowest BCUT2D eigenvalue weighted by atomic mass is 10.1. The van der Waals surface area contributed by atoms with Gasteiger partial charge in [-0.15, -0.1) is 0 Å². The number of amides is 2. The largest absolute Gasteiger partial charge is 0.494 e. The quantitative estimate of drug-likeness (QED) is 0.290. The molecule has 0 saturated heterocycles. The Hall–Kier alpha value is -3.99. The zero-order chi connectivity index (χ0) is 30.0. The molecule has 0 radical (unpaired) electrons. The average molecular weight is 588 g/mol. The van der Waals surface area contributed by atoms with E-state index in [1.54, 1.807) is 19.1 Å². The predicted octanol–water partition coefficient (Wildman–Crippen LogP) is 4.89. The second-order valence-corrected chi connectivity index (χ2v) is 11.1. The average Bonchev–Trinajstić information content (AvgIpc) is 2.96. The number of halogens is 2. The van der Waals surface area contributed by atoms with Crippen molar-refractivity contribution in [2.24, 2.45) is 0 Å². The molecule has 3 rings (SSSR count). The summed E-state index contributed by atoms with van der Waals surface area (Å²) < 4.78 is 61.2. The molecule has 2 amide bonds. The molecule has 0 aliphatic rings. The summed E-state index contributed by atoms with van der Waals surface area (Å²) in [4.78, 5) is 28.1. The van der Waals surface area contributed by atoms with Gasteiger partial charge in [-0.05, 0) is 86.0 Å². The number of rotatable bonds is 14. The van der Waals surface area contributed by atoms with Gasteiger partial charge >= 0.3 is 0 Å². The zero-order valence-corrected chi connectivity index (χ0v) is 24.2. The smallest absolute Gasteiger partial charge is 0.264 e. The van der Waals surface area contributed by atoms with Gasteiger partial charge in [0.2, 0.25) is 11.8 Å². The Labute approximate surface area is 240 Å². The topological polar surface area (TPSA) is 96.0 Å². The highest BCUT2D eigenvalue weighted by molar-refractivity contribution is 7.92. The summed E-state index contributed by atoms with van der Waals surface area (Å²) in [5.41, 5.74) is 0.742. The molecule has 1 N–H and O–H groups in total. The van der Waals surface area contributed by atoms with Crippen LogP contribution in [0.4, 0.5) is 14.5 Å². The normalized spacial score (nSPS) is 11.9. The summed E-state index contributed by atoms with van der Waals surface area (Å²) in [5, 5.41) is 2.80. The molecule has 11 heteroatoms. The van der Waals surface area contributed by atoms with Crippen LogP contribution in [0.5, 0.6) is 5.75 Å². The van der Waals surface area contributed by atoms with E-state index < -0.39 is 40.2 Å². The molecule has 0 aromatic heterocycles. The molecular formula is C30H35F2N3O5S. The highest BCUT2D eigenvalue weighted by Crippen LogP contribution is 2.27. The lowest BCUT2D eigenvalue weighted by molar-refractivity contribution is -0.140. The van der Waals surface area contributed by atoms with Crippen LogP contribution in [0.15, 0.2) is 77.7 Å². The van der Waals surface area contributed by atoms with Gasteiger partial charge in [-0.1, -0.05) is 26.0 Å². The fourth-order valence-electron chi connectivity index (χ4n) is 4.21. The van der Waals surface area contributed by atoms with Crippen molar-refractivity contribution in [3.05, 3.63) is 90.0 Å². The molecule has 8 nitrogen and oxygen atoms in total. The molecule has 41 heavy (non-hydrogen) atoms. The van der Waals surface area contributed by atoms with Crippen molar-refractivity contribution in [3.63, 3.8) is 0 Å². The molecule has 0 aliphatic carbocycles. The van der Waals surface area contributed by atoms with Crippen LogP contribution in [0.25, 0.3) is 0 Å². The Bertz CT molecular complexity index is 1400. The Morgan fingerprint density at radius 1 is 0.878 bits per heavy atom. The number of nitrogens with one attached hydrogen (secondary N) is 1. The molecule has 1 atom stereocenters. The maximum absolute atomic E-state index is 14.0. The van der Waals surface area contributed by atoms with E-state index in [0.717, 1.165) is 28.6 Å². The van der Waals surface area contributed by atoms with Crippen molar-refractivity contribution in [3.8, 4) is 5.75 Å². The molecule has 220 valence electrons. The van der Waals surface area contributed by atoms with E-state index in [1.807, 2.05) is 13.8 Å². The van der Waals surface area contributed by atoms with Crippen LogP contribution in [-0.4, -0.2) is 50.9 Å². The van der Waals surface area contributed by atoms with Crippen molar-refractivity contribution in [2.45, 2.75) is 51.1 Å². The van der Waals surface area contributed by atoms with Gasteiger partial charge in [0.25, 0.3) is 10.0 Å². The molecule has 0 fully saturated rings. The predicted molar refractivity (Wildman–Crippen MR) is 153 cm³/mol. The van der Waals surface area contributed by atoms with E-state index in [1.165, 1.54) is 41.3 Å². The number of hydrogen-bond donors (Lipinski definition) is 1. The zero-order valence-electron chi connectivity index (χ0n) is 23.3. The number of ether oxygens (including phenoxy) is 1. The molecular weight excluding hydrogens is 552 g/mol. The Balaban J connectivity index is 2.04. The minimum absolute atomic E-state index is 0.0507. The van der Waals surface area contributed by atoms with E-state index in [2.05, 4.69) is 5.32 Å². The van der Waals surface area contributed by atoms with Gasteiger partial charge in [-0.2, -0.15) is 0 Å². The monoisotopic (exact) mass is 587 g/mol. The van der Waals surface area contributed by atoms with Crippen molar-refractivity contribution in [1.82, 2.24) is 10.2 Å². The molecule has 3 aromatic carbocycles. The van der Waals surface area contributed by atoms with Crippen LogP contribution in [0.2, 0.25) is 0 Å². The first kappa shape index (κ1) is 31.5.